The maximum absolute atomic E-state index is 11.5. The molecule has 0 bridgehead atoms. The minimum Gasteiger partial charge on any atom is -0.481 e. The van der Waals surface area contributed by atoms with Crippen molar-refractivity contribution in [2.75, 3.05) is 13.1 Å². The molecule has 0 saturated carbocycles. The summed E-state index contributed by atoms with van der Waals surface area (Å²) in [6.07, 6.45) is 0.710. The van der Waals surface area contributed by atoms with Gasteiger partial charge >= 0.3 is 5.97 Å². The van der Waals surface area contributed by atoms with Crippen molar-refractivity contribution in [3.8, 4) is 0 Å². The quantitative estimate of drug-likeness (QED) is 0.617. The summed E-state index contributed by atoms with van der Waals surface area (Å²) >= 11 is 1.36. The molecule has 0 aliphatic rings. The summed E-state index contributed by atoms with van der Waals surface area (Å²) in [5.41, 5.74) is 0. The molecule has 0 unspecified atom stereocenters. The zero-order valence-electron chi connectivity index (χ0n) is 10.3. The molecule has 1 rings (SSSR count). The van der Waals surface area contributed by atoms with Gasteiger partial charge in [-0.2, -0.15) is 0 Å². The summed E-state index contributed by atoms with van der Waals surface area (Å²) in [5.74, 6) is -1.28. The Bertz CT molecular complexity index is 431. The first-order valence-corrected chi connectivity index (χ1v) is 6.78. The summed E-state index contributed by atoms with van der Waals surface area (Å²) in [5, 5.41) is 15.4. The fourth-order valence-corrected chi connectivity index (χ4v) is 1.98. The number of carbonyl (C=O) groups is 3. The van der Waals surface area contributed by atoms with Gasteiger partial charge in [0.25, 0.3) is 5.91 Å². The highest BCUT2D eigenvalue weighted by molar-refractivity contribution is 7.12. The third kappa shape index (κ3) is 6.56. The lowest BCUT2D eigenvalue weighted by Crippen LogP contribution is -2.28. The predicted molar refractivity (Wildman–Crippen MR) is 71.1 cm³/mol. The van der Waals surface area contributed by atoms with Crippen molar-refractivity contribution in [2.45, 2.75) is 19.3 Å². The molecule has 0 atom stereocenters. The number of rotatable bonds is 8. The van der Waals surface area contributed by atoms with Gasteiger partial charge in [-0.15, -0.1) is 11.3 Å². The van der Waals surface area contributed by atoms with Crippen LogP contribution in [0.5, 0.6) is 0 Å². The highest BCUT2D eigenvalue weighted by atomic mass is 32.1. The Labute approximate surface area is 114 Å². The average molecular weight is 284 g/mol. The SMILES string of the molecule is O=C(O)CCNC(=O)CCCNC(=O)c1cccs1. The molecule has 104 valence electrons. The average Bonchev–Trinajstić information content (AvgIpc) is 2.87. The van der Waals surface area contributed by atoms with E-state index >= 15 is 0 Å². The Balaban J connectivity index is 2.05. The number of carboxylic acid groups (broad SMARTS) is 1. The number of hydrogen-bond donors (Lipinski definition) is 3. The molecule has 0 saturated heterocycles. The number of aliphatic carboxylic acids is 1. The van der Waals surface area contributed by atoms with Gasteiger partial charge in [-0.3, -0.25) is 14.4 Å². The highest BCUT2D eigenvalue weighted by Gasteiger charge is 2.06. The van der Waals surface area contributed by atoms with Crippen LogP contribution in [0.15, 0.2) is 17.5 Å². The number of thiophene rings is 1. The summed E-state index contributed by atoms with van der Waals surface area (Å²) in [6.45, 7) is 0.554. The van der Waals surface area contributed by atoms with Crippen LogP contribution in [0.2, 0.25) is 0 Å². The fourth-order valence-electron chi connectivity index (χ4n) is 1.34. The van der Waals surface area contributed by atoms with Crippen LogP contribution in [0.4, 0.5) is 0 Å². The van der Waals surface area contributed by atoms with Gasteiger partial charge in [0, 0.05) is 19.5 Å². The fraction of sp³-hybridized carbons (Fsp3) is 0.417. The topological polar surface area (TPSA) is 95.5 Å². The van der Waals surface area contributed by atoms with E-state index in [1.165, 1.54) is 11.3 Å². The Hall–Kier alpha value is -1.89. The van der Waals surface area contributed by atoms with E-state index in [4.69, 9.17) is 5.11 Å². The van der Waals surface area contributed by atoms with Crippen LogP contribution in [0.3, 0.4) is 0 Å². The molecule has 0 fully saturated rings. The zero-order chi connectivity index (χ0) is 14.1. The Morgan fingerprint density at radius 2 is 1.95 bits per heavy atom. The van der Waals surface area contributed by atoms with Crippen molar-refractivity contribution in [1.82, 2.24) is 10.6 Å². The molecule has 1 aromatic heterocycles. The second-order valence-corrected chi connectivity index (χ2v) is 4.78. The van der Waals surface area contributed by atoms with Gasteiger partial charge < -0.3 is 15.7 Å². The molecule has 0 radical (unpaired) electrons. The number of carbonyl (C=O) groups excluding carboxylic acids is 2. The number of carboxylic acids is 1. The van der Waals surface area contributed by atoms with Crippen molar-refractivity contribution >= 4 is 29.1 Å². The van der Waals surface area contributed by atoms with Crippen LogP contribution in [-0.4, -0.2) is 36.0 Å². The van der Waals surface area contributed by atoms with Gasteiger partial charge in [0.05, 0.1) is 11.3 Å². The van der Waals surface area contributed by atoms with E-state index < -0.39 is 5.97 Å². The van der Waals surface area contributed by atoms with Crippen LogP contribution in [-0.2, 0) is 9.59 Å². The molecular formula is C12H16N2O4S. The van der Waals surface area contributed by atoms with Crippen LogP contribution >= 0.6 is 11.3 Å². The van der Waals surface area contributed by atoms with Crippen LogP contribution in [0, 0.1) is 0 Å². The van der Waals surface area contributed by atoms with Gasteiger partial charge in [-0.05, 0) is 17.9 Å². The smallest absolute Gasteiger partial charge is 0.305 e. The van der Waals surface area contributed by atoms with E-state index in [-0.39, 0.29) is 31.2 Å². The van der Waals surface area contributed by atoms with Crippen molar-refractivity contribution in [3.63, 3.8) is 0 Å². The van der Waals surface area contributed by atoms with E-state index in [1.54, 1.807) is 12.1 Å². The minimum atomic E-state index is -0.941. The first kappa shape index (κ1) is 15.2. The van der Waals surface area contributed by atoms with Crippen LogP contribution < -0.4 is 10.6 Å². The van der Waals surface area contributed by atoms with Crippen molar-refractivity contribution < 1.29 is 19.5 Å². The summed E-state index contributed by atoms with van der Waals surface area (Å²) in [7, 11) is 0. The number of nitrogens with one attached hydrogen (secondary N) is 2. The Kier molecular flexibility index (Phi) is 6.59. The minimum absolute atomic E-state index is 0.0825. The second kappa shape index (κ2) is 8.25. The lowest BCUT2D eigenvalue weighted by molar-refractivity contribution is -0.136. The van der Waals surface area contributed by atoms with Gasteiger partial charge in [-0.25, -0.2) is 0 Å². The first-order chi connectivity index (χ1) is 9.09. The molecule has 7 heteroatoms. The molecule has 0 aliphatic heterocycles. The normalized spacial score (nSPS) is 9.89. The Morgan fingerprint density at radius 3 is 2.58 bits per heavy atom. The van der Waals surface area contributed by atoms with Gasteiger partial charge in [0.2, 0.25) is 5.91 Å². The first-order valence-electron chi connectivity index (χ1n) is 5.90. The molecule has 2 amide bonds. The van der Waals surface area contributed by atoms with Crippen LogP contribution in [0.25, 0.3) is 0 Å². The van der Waals surface area contributed by atoms with E-state index in [0.29, 0.717) is 17.8 Å². The second-order valence-electron chi connectivity index (χ2n) is 3.83. The maximum atomic E-state index is 11.5. The molecule has 3 N–H and O–H groups in total. The lowest BCUT2D eigenvalue weighted by atomic mass is 10.3. The zero-order valence-corrected chi connectivity index (χ0v) is 11.2. The molecule has 19 heavy (non-hydrogen) atoms. The van der Waals surface area contributed by atoms with Crippen molar-refractivity contribution in [1.29, 1.82) is 0 Å². The summed E-state index contributed by atoms with van der Waals surface area (Å²) in [4.78, 5) is 33.7. The molecule has 6 nitrogen and oxygen atoms in total. The third-order valence-corrected chi connectivity index (χ3v) is 3.14. The van der Waals surface area contributed by atoms with E-state index in [9.17, 15) is 14.4 Å². The molecule has 1 aromatic rings. The van der Waals surface area contributed by atoms with Crippen molar-refractivity contribution in [2.24, 2.45) is 0 Å². The van der Waals surface area contributed by atoms with Crippen molar-refractivity contribution in [3.05, 3.63) is 22.4 Å². The van der Waals surface area contributed by atoms with E-state index in [1.807, 2.05) is 5.38 Å². The van der Waals surface area contributed by atoms with E-state index in [0.717, 1.165) is 0 Å². The molecule has 1 heterocycles. The summed E-state index contributed by atoms with van der Waals surface area (Å²) in [6, 6.07) is 3.54. The monoisotopic (exact) mass is 284 g/mol. The number of amides is 2. The maximum Gasteiger partial charge on any atom is 0.305 e. The largest absolute Gasteiger partial charge is 0.481 e. The molecule has 0 aromatic carbocycles. The van der Waals surface area contributed by atoms with Gasteiger partial charge in [-0.1, -0.05) is 6.07 Å². The lowest BCUT2D eigenvalue weighted by Gasteiger charge is -2.04. The predicted octanol–water partition coefficient (Wildman–Crippen LogP) is 0.849. The highest BCUT2D eigenvalue weighted by Crippen LogP contribution is 2.07. The standard InChI is InChI=1S/C12H16N2O4S/c15-10(13-7-5-11(16)17)4-1-6-14-12(18)9-3-2-8-19-9/h2-3,8H,1,4-7H2,(H,13,15)(H,14,18)(H,16,17). The number of hydrogen-bond acceptors (Lipinski definition) is 4. The van der Waals surface area contributed by atoms with Crippen LogP contribution in [0.1, 0.15) is 28.9 Å². The molecular weight excluding hydrogens is 268 g/mol. The third-order valence-electron chi connectivity index (χ3n) is 2.27. The summed E-state index contributed by atoms with van der Waals surface area (Å²) < 4.78 is 0. The van der Waals surface area contributed by atoms with Gasteiger partial charge in [0.1, 0.15) is 0 Å². The van der Waals surface area contributed by atoms with E-state index in [2.05, 4.69) is 10.6 Å². The Morgan fingerprint density at radius 1 is 1.16 bits per heavy atom. The van der Waals surface area contributed by atoms with Gasteiger partial charge in [0.15, 0.2) is 0 Å². The molecule has 0 aliphatic carbocycles. The molecule has 0 spiro atoms.